The third-order valence-electron chi connectivity index (χ3n) is 3.36. The van der Waals surface area contributed by atoms with Crippen molar-refractivity contribution in [3.05, 3.63) is 35.4 Å². The van der Waals surface area contributed by atoms with Crippen LogP contribution in [0.15, 0.2) is 24.3 Å². The average Bonchev–Trinajstić information content (AvgIpc) is 3.16. The van der Waals surface area contributed by atoms with E-state index >= 15 is 0 Å². The highest BCUT2D eigenvalue weighted by Gasteiger charge is 2.57. The van der Waals surface area contributed by atoms with E-state index in [-0.39, 0.29) is 24.9 Å². The van der Waals surface area contributed by atoms with Crippen LogP contribution in [0.1, 0.15) is 24.0 Å². The second-order valence-electron chi connectivity index (χ2n) is 4.72. The van der Waals surface area contributed by atoms with Crippen LogP contribution >= 0.6 is 0 Å². The van der Waals surface area contributed by atoms with Crippen LogP contribution in [-0.4, -0.2) is 17.0 Å². The summed E-state index contributed by atoms with van der Waals surface area (Å²) in [5.41, 5.74) is -2.37. The van der Waals surface area contributed by atoms with Gasteiger partial charge in [0.1, 0.15) is 5.41 Å². The van der Waals surface area contributed by atoms with Crippen molar-refractivity contribution in [2.24, 2.45) is 5.41 Å². The molecular formula is C13H12F3NO3. The molecule has 1 fully saturated rings. The predicted octanol–water partition coefficient (Wildman–Crippen LogP) is 2.19. The molecule has 0 saturated heterocycles. The Balaban J connectivity index is 2.09. The Kier molecular flexibility index (Phi) is 3.45. The lowest BCUT2D eigenvalue weighted by atomic mass is 10.0. The van der Waals surface area contributed by atoms with Crippen LogP contribution in [0.3, 0.4) is 0 Å². The van der Waals surface area contributed by atoms with Gasteiger partial charge in [0.05, 0.1) is 5.56 Å². The number of carbonyl (C=O) groups is 2. The molecule has 2 rings (SSSR count). The van der Waals surface area contributed by atoms with Gasteiger partial charge >= 0.3 is 12.1 Å². The van der Waals surface area contributed by atoms with Gasteiger partial charge in [0.2, 0.25) is 5.91 Å². The van der Waals surface area contributed by atoms with Gasteiger partial charge in [0.15, 0.2) is 0 Å². The average molecular weight is 287 g/mol. The van der Waals surface area contributed by atoms with E-state index in [2.05, 4.69) is 5.32 Å². The number of nitrogens with one attached hydrogen (secondary N) is 1. The standard InChI is InChI=1S/C13H12F3NO3/c14-13(15,16)9-4-2-1-3-8(9)7-17-10(18)12(5-6-12)11(19)20/h1-4H,5-7H2,(H,17,18)(H,19,20). The van der Waals surface area contributed by atoms with E-state index in [4.69, 9.17) is 5.11 Å². The van der Waals surface area contributed by atoms with Crippen molar-refractivity contribution in [3.8, 4) is 0 Å². The second kappa shape index (κ2) is 4.81. The molecule has 1 aliphatic rings. The first-order valence-electron chi connectivity index (χ1n) is 5.94. The fourth-order valence-corrected chi connectivity index (χ4v) is 1.96. The first-order chi connectivity index (χ1) is 9.27. The Hall–Kier alpha value is -2.05. The van der Waals surface area contributed by atoms with Crippen molar-refractivity contribution in [3.63, 3.8) is 0 Å². The van der Waals surface area contributed by atoms with Crippen LogP contribution in [0.2, 0.25) is 0 Å². The molecule has 0 atom stereocenters. The lowest BCUT2D eigenvalue weighted by molar-refractivity contribution is -0.149. The van der Waals surface area contributed by atoms with Gasteiger partial charge in [-0.2, -0.15) is 13.2 Å². The smallest absolute Gasteiger partial charge is 0.416 e. The summed E-state index contributed by atoms with van der Waals surface area (Å²) in [6, 6.07) is 4.86. The molecule has 0 spiro atoms. The van der Waals surface area contributed by atoms with E-state index < -0.39 is 29.0 Å². The molecule has 108 valence electrons. The molecule has 1 amide bonds. The van der Waals surface area contributed by atoms with Crippen molar-refractivity contribution in [1.29, 1.82) is 0 Å². The van der Waals surface area contributed by atoms with E-state index in [1.807, 2.05) is 0 Å². The van der Waals surface area contributed by atoms with Gasteiger partial charge in [-0.3, -0.25) is 9.59 Å². The molecule has 0 aliphatic heterocycles. The minimum atomic E-state index is -4.51. The number of aliphatic carboxylic acids is 1. The summed E-state index contributed by atoms with van der Waals surface area (Å²) in [5.74, 6) is -1.97. The van der Waals surface area contributed by atoms with E-state index in [1.54, 1.807) is 0 Å². The molecule has 1 saturated carbocycles. The van der Waals surface area contributed by atoms with Gasteiger partial charge < -0.3 is 10.4 Å². The maximum absolute atomic E-state index is 12.7. The van der Waals surface area contributed by atoms with Crippen molar-refractivity contribution in [1.82, 2.24) is 5.32 Å². The zero-order chi connectivity index (χ0) is 15.0. The number of halogens is 3. The quantitative estimate of drug-likeness (QED) is 0.834. The number of amides is 1. The summed E-state index contributed by atoms with van der Waals surface area (Å²) < 4.78 is 38.2. The van der Waals surface area contributed by atoms with Crippen LogP contribution in [-0.2, 0) is 22.3 Å². The minimum Gasteiger partial charge on any atom is -0.480 e. The monoisotopic (exact) mass is 287 g/mol. The van der Waals surface area contributed by atoms with Crippen LogP contribution in [0.5, 0.6) is 0 Å². The molecule has 0 bridgehead atoms. The van der Waals surface area contributed by atoms with Crippen LogP contribution in [0.4, 0.5) is 13.2 Å². The minimum absolute atomic E-state index is 0.0884. The maximum atomic E-state index is 12.7. The lowest BCUT2D eigenvalue weighted by Crippen LogP contribution is -2.36. The van der Waals surface area contributed by atoms with Crippen molar-refractivity contribution in [2.75, 3.05) is 0 Å². The molecule has 0 radical (unpaired) electrons. The molecule has 4 nitrogen and oxygen atoms in total. The van der Waals surface area contributed by atoms with Crippen molar-refractivity contribution in [2.45, 2.75) is 25.6 Å². The Bertz CT molecular complexity index is 550. The number of hydrogen-bond acceptors (Lipinski definition) is 2. The maximum Gasteiger partial charge on any atom is 0.416 e. The Morgan fingerprint density at radius 3 is 2.35 bits per heavy atom. The van der Waals surface area contributed by atoms with E-state index in [9.17, 15) is 22.8 Å². The molecular weight excluding hydrogens is 275 g/mol. The summed E-state index contributed by atoms with van der Waals surface area (Å²) in [4.78, 5) is 22.7. The summed E-state index contributed by atoms with van der Waals surface area (Å²) in [5, 5.41) is 11.2. The molecule has 1 aromatic rings. The van der Waals surface area contributed by atoms with Gasteiger partial charge in [-0.15, -0.1) is 0 Å². The predicted molar refractivity (Wildman–Crippen MR) is 62.6 cm³/mol. The molecule has 2 N–H and O–H groups in total. The van der Waals surface area contributed by atoms with E-state index in [0.29, 0.717) is 0 Å². The first-order valence-corrected chi connectivity index (χ1v) is 5.94. The first kappa shape index (κ1) is 14.4. The molecule has 1 aliphatic carbocycles. The van der Waals surface area contributed by atoms with E-state index in [1.165, 1.54) is 18.2 Å². The topological polar surface area (TPSA) is 66.4 Å². The van der Waals surface area contributed by atoms with Crippen LogP contribution < -0.4 is 5.32 Å². The van der Waals surface area contributed by atoms with E-state index in [0.717, 1.165) is 6.07 Å². The largest absolute Gasteiger partial charge is 0.480 e. The highest BCUT2D eigenvalue weighted by Crippen LogP contribution is 2.46. The summed E-state index contributed by atoms with van der Waals surface area (Å²) >= 11 is 0. The number of carboxylic acids is 1. The van der Waals surface area contributed by atoms with Gasteiger partial charge in [-0.1, -0.05) is 18.2 Å². The Morgan fingerprint density at radius 2 is 1.85 bits per heavy atom. The summed E-state index contributed by atoms with van der Waals surface area (Å²) in [6.45, 7) is -0.344. The third-order valence-corrected chi connectivity index (χ3v) is 3.36. The summed E-state index contributed by atoms with van der Waals surface area (Å²) in [6.07, 6.45) is -4.07. The Morgan fingerprint density at radius 1 is 1.25 bits per heavy atom. The molecule has 20 heavy (non-hydrogen) atoms. The summed E-state index contributed by atoms with van der Waals surface area (Å²) in [7, 11) is 0. The highest BCUT2D eigenvalue weighted by atomic mass is 19.4. The normalized spacial score (nSPS) is 16.6. The number of benzene rings is 1. The van der Waals surface area contributed by atoms with Gasteiger partial charge in [-0.25, -0.2) is 0 Å². The van der Waals surface area contributed by atoms with Gasteiger partial charge in [0, 0.05) is 6.54 Å². The molecule has 7 heteroatoms. The molecule has 0 aromatic heterocycles. The zero-order valence-corrected chi connectivity index (χ0v) is 10.3. The second-order valence-corrected chi connectivity index (χ2v) is 4.72. The molecule has 0 unspecified atom stereocenters. The SMILES string of the molecule is O=C(O)C1(C(=O)NCc2ccccc2C(F)(F)F)CC1. The van der Waals surface area contributed by atoms with Gasteiger partial charge in [-0.05, 0) is 24.5 Å². The zero-order valence-electron chi connectivity index (χ0n) is 10.3. The highest BCUT2D eigenvalue weighted by molar-refractivity contribution is 6.04. The fourth-order valence-electron chi connectivity index (χ4n) is 1.96. The van der Waals surface area contributed by atoms with Crippen molar-refractivity contribution < 1.29 is 27.9 Å². The van der Waals surface area contributed by atoms with Gasteiger partial charge in [0.25, 0.3) is 0 Å². The number of carbonyl (C=O) groups excluding carboxylic acids is 1. The van der Waals surface area contributed by atoms with Crippen molar-refractivity contribution >= 4 is 11.9 Å². The number of rotatable bonds is 4. The molecule has 0 heterocycles. The number of hydrogen-bond donors (Lipinski definition) is 2. The number of alkyl halides is 3. The van der Waals surface area contributed by atoms with Crippen LogP contribution in [0, 0.1) is 5.41 Å². The Labute approximate surface area is 112 Å². The van der Waals surface area contributed by atoms with Crippen LogP contribution in [0.25, 0.3) is 0 Å². The third kappa shape index (κ3) is 2.61. The molecule has 1 aromatic carbocycles. The fraction of sp³-hybridized carbons (Fsp3) is 0.385. The lowest BCUT2D eigenvalue weighted by Gasteiger charge is -2.15. The number of carboxylic acid groups (broad SMARTS) is 1.